The van der Waals surface area contributed by atoms with E-state index in [1.54, 1.807) is 11.3 Å². The molecule has 0 radical (unpaired) electrons. The zero-order chi connectivity index (χ0) is 16.1. The molecule has 0 atom stereocenters. The zero-order valence-corrected chi connectivity index (χ0v) is 15.3. The van der Waals surface area contributed by atoms with Crippen LogP contribution in [0.25, 0.3) is 0 Å². The van der Waals surface area contributed by atoms with Gasteiger partial charge < -0.3 is 4.90 Å². The van der Waals surface area contributed by atoms with Crippen LogP contribution in [0.1, 0.15) is 24.0 Å². The highest BCUT2D eigenvalue weighted by molar-refractivity contribution is 7.07. The van der Waals surface area contributed by atoms with E-state index in [9.17, 15) is 0 Å². The normalized spacial score (nSPS) is 17.0. The molecule has 124 valence electrons. The van der Waals surface area contributed by atoms with E-state index in [1.165, 1.54) is 43.6 Å². The SMILES string of the molecule is CN(Cc1ccsc1)CC1CCN(Cc2ccc(Cl)cc2)CC1. The minimum absolute atomic E-state index is 0.820. The van der Waals surface area contributed by atoms with E-state index in [4.69, 9.17) is 11.6 Å². The lowest BCUT2D eigenvalue weighted by Crippen LogP contribution is -2.37. The smallest absolute Gasteiger partial charge is 0.0406 e. The van der Waals surface area contributed by atoms with Crippen LogP contribution in [0.4, 0.5) is 0 Å². The second kappa shape index (κ2) is 8.29. The largest absolute Gasteiger partial charge is 0.302 e. The van der Waals surface area contributed by atoms with Gasteiger partial charge in [-0.3, -0.25) is 4.90 Å². The van der Waals surface area contributed by atoms with Crippen molar-refractivity contribution < 1.29 is 0 Å². The van der Waals surface area contributed by atoms with Gasteiger partial charge in [-0.15, -0.1) is 0 Å². The summed E-state index contributed by atoms with van der Waals surface area (Å²) in [5.74, 6) is 0.833. The minimum atomic E-state index is 0.820. The molecule has 2 aromatic rings. The monoisotopic (exact) mass is 348 g/mol. The number of likely N-dealkylation sites (tertiary alicyclic amines) is 1. The third kappa shape index (κ3) is 5.32. The summed E-state index contributed by atoms with van der Waals surface area (Å²) < 4.78 is 0. The molecule has 0 spiro atoms. The van der Waals surface area contributed by atoms with Crippen LogP contribution in [-0.4, -0.2) is 36.5 Å². The van der Waals surface area contributed by atoms with E-state index in [0.29, 0.717) is 0 Å². The van der Waals surface area contributed by atoms with Crippen molar-refractivity contribution in [1.29, 1.82) is 0 Å². The molecular weight excluding hydrogens is 324 g/mol. The van der Waals surface area contributed by atoms with Gasteiger partial charge in [-0.25, -0.2) is 0 Å². The molecule has 0 N–H and O–H groups in total. The Morgan fingerprint density at radius 1 is 1.13 bits per heavy atom. The average molecular weight is 349 g/mol. The van der Waals surface area contributed by atoms with Gasteiger partial charge in [0.2, 0.25) is 0 Å². The molecule has 1 aliphatic rings. The van der Waals surface area contributed by atoms with Crippen LogP contribution in [0.3, 0.4) is 0 Å². The molecule has 1 fully saturated rings. The fraction of sp³-hybridized carbons (Fsp3) is 0.474. The first-order valence-electron chi connectivity index (χ1n) is 8.35. The standard InChI is InChI=1S/C19H25ClN2S/c1-21(13-18-8-11-23-15-18)12-17-6-9-22(10-7-17)14-16-2-4-19(20)5-3-16/h2-5,8,11,15,17H,6-7,9-10,12-14H2,1H3. The molecule has 2 nitrogen and oxygen atoms in total. The summed E-state index contributed by atoms with van der Waals surface area (Å²) in [5, 5.41) is 5.24. The van der Waals surface area contributed by atoms with Gasteiger partial charge in [0.15, 0.2) is 0 Å². The van der Waals surface area contributed by atoms with E-state index >= 15 is 0 Å². The number of halogens is 1. The Kier molecular flexibility index (Phi) is 6.12. The number of nitrogens with zero attached hydrogens (tertiary/aromatic N) is 2. The van der Waals surface area contributed by atoms with Crippen LogP contribution >= 0.6 is 22.9 Å². The highest BCUT2D eigenvalue weighted by Crippen LogP contribution is 2.21. The zero-order valence-electron chi connectivity index (χ0n) is 13.7. The third-order valence-electron chi connectivity index (χ3n) is 4.63. The Morgan fingerprint density at radius 2 is 1.87 bits per heavy atom. The molecule has 1 aromatic heterocycles. The summed E-state index contributed by atoms with van der Waals surface area (Å²) >= 11 is 7.74. The number of rotatable bonds is 6. The van der Waals surface area contributed by atoms with Gasteiger partial charge in [0.05, 0.1) is 0 Å². The second-order valence-electron chi connectivity index (χ2n) is 6.67. The van der Waals surface area contributed by atoms with Crippen molar-refractivity contribution >= 4 is 22.9 Å². The summed E-state index contributed by atoms with van der Waals surface area (Å²) in [5.41, 5.74) is 2.81. The van der Waals surface area contributed by atoms with Crippen LogP contribution in [0, 0.1) is 5.92 Å². The Labute approximate surface area is 148 Å². The molecule has 0 bridgehead atoms. The summed E-state index contributed by atoms with van der Waals surface area (Å²) in [6, 6.07) is 10.5. The third-order valence-corrected chi connectivity index (χ3v) is 5.61. The minimum Gasteiger partial charge on any atom is -0.302 e. The summed E-state index contributed by atoms with van der Waals surface area (Å²) in [6.45, 7) is 5.76. The Hall–Kier alpha value is -0.870. The Balaban J connectivity index is 1.40. The van der Waals surface area contributed by atoms with Gasteiger partial charge >= 0.3 is 0 Å². The summed E-state index contributed by atoms with van der Waals surface area (Å²) in [6.07, 6.45) is 2.61. The van der Waals surface area contributed by atoms with E-state index in [0.717, 1.165) is 24.0 Å². The molecule has 3 rings (SSSR count). The van der Waals surface area contributed by atoms with Crippen LogP contribution < -0.4 is 0 Å². The van der Waals surface area contributed by atoms with Crippen molar-refractivity contribution in [3.63, 3.8) is 0 Å². The molecule has 4 heteroatoms. The van der Waals surface area contributed by atoms with E-state index < -0.39 is 0 Å². The Morgan fingerprint density at radius 3 is 2.52 bits per heavy atom. The molecule has 0 amide bonds. The number of benzene rings is 1. The maximum absolute atomic E-state index is 5.96. The maximum Gasteiger partial charge on any atom is 0.0406 e. The average Bonchev–Trinajstić information content (AvgIpc) is 3.04. The molecule has 1 saturated heterocycles. The van der Waals surface area contributed by atoms with E-state index in [1.807, 2.05) is 12.1 Å². The Bertz CT molecular complexity index is 574. The predicted molar refractivity (Wildman–Crippen MR) is 100 cm³/mol. The fourth-order valence-corrected chi connectivity index (χ4v) is 4.16. The van der Waals surface area contributed by atoms with Crippen LogP contribution in [0.5, 0.6) is 0 Å². The molecule has 2 heterocycles. The molecule has 0 aliphatic carbocycles. The molecule has 1 aliphatic heterocycles. The van der Waals surface area contributed by atoms with Gasteiger partial charge in [0.1, 0.15) is 0 Å². The predicted octanol–water partition coefficient (Wildman–Crippen LogP) is 4.75. The van der Waals surface area contributed by atoms with Crippen LogP contribution in [0.15, 0.2) is 41.1 Å². The highest BCUT2D eigenvalue weighted by Gasteiger charge is 2.20. The van der Waals surface area contributed by atoms with Crippen LogP contribution in [-0.2, 0) is 13.1 Å². The molecule has 0 saturated carbocycles. The van der Waals surface area contributed by atoms with E-state index in [2.05, 4.69) is 45.8 Å². The van der Waals surface area contributed by atoms with Crippen LogP contribution in [0.2, 0.25) is 5.02 Å². The van der Waals surface area contributed by atoms with Gasteiger partial charge in [0.25, 0.3) is 0 Å². The quantitative estimate of drug-likeness (QED) is 0.743. The summed E-state index contributed by atoms with van der Waals surface area (Å²) in [4.78, 5) is 5.04. The van der Waals surface area contributed by atoms with Gasteiger partial charge in [-0.05, 0) is 79.0 Å². The van der Waals surface area contributed by atoms with Gasteiger partial charge in [0, 0.05) is 24.7 Å². The number of thiophene rings is 1. The van der Waals surface area contributed by atoms with E-state index in [-0.39, 0.29) is 0 Å². The van der Waals surface area contributed by atoms with Gasteiger partial charge in [-0.1, -0.05) is 23.7 Å². The lowest BCUT2D eigenvalue weighted by Gasteiger charge is -2.34. The first-order valence-corrected chi connectivity index (χ1v) is 9.67. The number of hydrogen-bond acceptors (Lipinski definition) is 3. The summed E-state index contributed by atoms with van der Waals surface area (Å²) in [7, 11) is 2.25. The first-order chi connectivity index (χ1) is 11.2. The highest BCUT2D eigenvalue weighted by atomic mass is 35.5. The lowest BCUT2D eigenvalue weighted by molar-refractivity contribution is 0.147. The molecular formula is C19H25ClN2S. The van der Waals surface area contributed by atoms with Crippen molar-refractivity contribution in [2.24, 2.45) is 5.92 Å². The number of hydrogen-bond donors (Lipinski definition) is 0. The maximum atomic E-state index is 5.96. The van der Waals surface area contributed by atoms with Crippen molar-refractivity contribution in [3.05, 3.63) is 57.2 Å². The fourth-order valence-electron chi connectivity index (χ4n) is 3.37. The molecule has 1 aromatic carbocycles. The number of piperidine rings is 1. The topological polar surface area (TPSA) is 6.48 Å². The van der Waals surface area contributed by atoms with Crippen molar-refractivity contribution in [2.45, 2.75) is 25.9 Å². The first kappa shape index (κ1) is 17.0. The van der Waals surface area contributed by atoms with Crippen molar-refractivity contribution in [2.75, 3.05) is 26.7 Å². The van der Waals surface area contributed by atoms with Crippen molar-refractivity contribution in [3.8, 4) is 0 Å². The second-order valence-corrected chi connectivity index (χ2v) is 7.89. The van der Waals surface area contributed by atoms with Gasteiger partial charge in [-0.2, -0.15) is 11.3 Å². The van der Waals surface area contributed by atoms with Crippen molar-refractivity contribution in [1.82, 2.24) is 9.80 Å². The molecule has 23 heavy (non-hydrogen) atoms. The lowest BCUT2D eigenvalue weighted by atomic mass is 9.96. The molecule has 0 unspecified atom stereocenters.